The minimum absolute atomic E-state index is 0.626. The minimum Gasteiger partial charge on any atom is -0.490 e. The van der Waals surface area contributed by atoms with Crippen molar-refractivity contribution in [3.05, 3.63) is 28.4 Å². The third-order valence-electron chi connectivity index (χ3n) is 3.62. The Balaban J connectivity index is 1.79. The molecule has 4 nitrogen and oxygen atoms in total. The Morgan fingerprint density at radius 1 is 1.38 bits per heavy atom. The molecule has 0 bridgehead atoms. The molecule has 1 N–H and O–H groups in total. The summed E-state index contributed by atoms with van der Waals surface area (Å²) in [6.07, 6.45) is 5.14. The highest BCUT2D eigenvalue weighted by molar-refractivity contribution is 9.10. The molecule has 1 aliphatic rings. The third-order valence-corrected chi connectivity index (χ3v) is 4.56. The summed E-state index contributed by atoms with van der Waals surface area (Å²) >= 11 is 3.68. The van der Waals surface area contributed by atoms with Crippen molar-refractivity contribution in [2.45, 2.75) is 31.8 Å². The number of rotatable bonds is 8. The van der Waals surface area contributed by atoms with E-state index in [0.29, 0.717) is 19.3 Å². The number of ether oxygens (including phenoxy) is 2. The molecule has 5 heteroatoms. The Morgan fingerprint density at radius 3 is 3.00 bits per heavy atom. The molecule has 21 heavy (non-hydrogen) atoms. The normalized spacial score (nSPS) is 14.8. The molecule has 0 unspecified atom stereocenters. The first-order chi connectivity index (χ1) is 10.3. The van der Waals surface area contributed by atoms with Crippen LogP contribution in [0.4, 0.5) is 0 Å². The van der Waals surface area contributed by atoms with Crippen LogP contribution in [0.25, 0.3) is 11.0 Å². The summed E-state index contributed by atoms with van der Waals surface area (Å²) in [6.45, 7) is 2.18. The van der Waals surface area contributed by atoms with Crippen LogP contribution >= 0.6 is 15.9 Å². The highest BCUT2D eigenvalue weighted by Crippen LogP contribution is 2.36. The van der Waals surface area contributed by atoms with E-state index >= 15 is 0 Å². The molecule has 0 aliphatic heterocycles. The standard InChI is InChI=1S/C16H20BrNO3/c1-19-6-2-7-20-14-9-11(10-18-12-3-4-12)15(17)13-5-8-21-16(13)14/h5,8-9,12,18H,2-4,6-7,10H2,1H3. The number of hydrogen-bond donors (Lipinski definition) is 1. The van der Waals surface area contributed by atoms with Crippen molar-refractivity contribution in [2.24, 2.45) is 0 Å². The molecular weight excluding hydrogens is 334 g/mol. The second-order valence-corrected chi connectivity index (χ2v) is 6.15. The van der Waals surface area contributed by atoms with Gasteiger partial charge >= 0.3 is 0 Å². The van der Waals surface area contributed by atoms with Crippen LogP contribution in [0.2, 0.25) is 0 Å². The summed E-state index contributed by atoms with van der Waals surface area (Å²) in [4.78, 5) is 0. The molecule has 2 aromatic rings. The molecule has 114 valence electrons. The molecule has 0 saturated heterocycles. The lowest BCUT2D eigenvalue weighted by atomic mass is 10.1. The topological polar surface area (TPSA) is 43.6 Å². The monoisotopic (exact) mass is 353 g/mol. The van der Waals surface area contributed by atoms with Crippen LogP contribution in [0.3, 0.4) is 0 Å². The first-order valence-electron chi connectivity index (χ1n) is 7.33. The van der Waals surface area contributed by atoms with Crippen LogP contribution in [0.1, 0.15) is 24.8 Å². The zero-order valence-electron chi connectivity index (χ0n) is 12.2. The van der Waals surface area contributed by atoms with Crippen LogP contribution in [0.15, 0.2) is 27.3 Å². The van der Waals surface area contributed by atoms with E-state index in [9.17, 15) is 0 Å². The van der Waals surface area contributed by atoms with E-state index in [1.807, 2.05) is 6.07 Å². The molecule has 1 saturated carbocycles. The first kappa shape index (κ1) is 14.9. The van der Waals surface area contributed by atoms with Gasteiger partial charge in [-0.05, 0) is 46.5 Å². The number of nitrogens with one attached hydrogen (secondary N) is 1. The Labute approximate surface area is 132 Å². The van der Waals surface area contributed by atoms with Crippen molar-refractivity contribution in [3.63, 3.8) is 0 Å². The molecule has 0 amide bonds. The van der Waals surface area contributed by atoms with Crippen molar-refractivity contribution < 1.29 is 13.9 Å². The van der Waals surface area contributed by atoms with Crippen LogP contribution < -0.4 is 10.1 Å². The Kier molecular flexibility index (Phi) is 4.83. The van der Waals surface area contributed by atoms with Gasteiger partial charge in [0.1, 0.15) is 0 Å². The number of hydrogen-bond acceptors (Lipinski definition) is 4. The molecule has 0 spiro atoms. The van der Waals surface area contributed by atoms with Gasteiger partial charge in [-0.3, -0.25) is 0 Å². The van der Waals surface area contributed by atoms with Crippen molar-refractivity contribution in [3.8, 4) is 5.75 Å². The van der Waals surface area contributed by atoms with Crippen molar-refractivity contribution >= 4 is 26.9 Å². The molecule has 1 aromatic heterocycles. The average Bonchev–Trinajstić information content (AvgIpc) is 3.18. The number of benzene rings is 1. The summed E-state index contributed by atoms with van der Waals surface area (Å²) in [5, 5.41) is 4.60. The van der Waals surface area contributed by atoms with Gasteiger partial charge in [-0.15, -0.1) is 0 Å². The minimum atomic E-state index is 0.626. The van der Waals surface area contributed by atoms with Gasteiger partial charge < -0.3 is 19.2 Å². The third kappa shape index (κ3) is 3.59. The van der Waals surface area contributed by atoms with E-state index < -0.39 is 0 Å². The fraction of sp³-hybridized carbons (Fsp3) is 0.500. The van der Waals surface area contributed by atoms with E-state index in [0.717, 1.165) is 34.2 Å². The van der Waals surface area contributed by atoms with Gasteiger partial charge in [0.15, 0.2) is 11.3 Å². The molecule has 1 fully saturated rings. The molecule has 0 atom stereocenters. The van der Waals surface area contributed by atoms with Crippen molar-refractivity contribution in [1.29, 1.82) is 0 Å². The SMILES string of the molecule is COCCCOc1cc(CNC2CC2)c(Br)c2ccoc12. The van der Waals surface area contributed by atoms with Crippen LogP contribution in [-0.4, -0.2) is 26.4 Å². The van der Waals surface area contributed by atoms with Gasteiger partial charge in [-0.1, -0.05) is 0 Å². The highest BCUT2D eigenvalue weighted by atomic mass is 79.9. The largest absolute Gasteiger partial charge is 0.490 e. The Hall–Kier alpha value is -1.04. The van der Waals surface area contributed by atoms with Crippen LogP contribution in [0.5, 0.6) is 5.75 Å². The predicted octanol–water partition coefficient (Wildman–Crippen LogP) is 3.86. The van der Waals surface area contributed by atoms with Gasteiger partial charge in [0.05, 0.1) is 12.9 Å². The molecule has 1 aliphatic carbocycles. The second-order valence-electron chi connectivity index (χ2n) is 5.36. The number of furan rings is 1. The van der Waals surface area contributed by atoms with E-state index in [1.54, 1.807) is 13.4 Å². The molecule has 0 radical (unpaired) electrons. The maximum atomic E-state index is 5.88. The quantitative estimate of drug-likeness (QED) is 0.731. The summed E-state index contributed by atoms with van der Waals surface area (Å²) in [5.41, 5.74) is 2.01. The zero-order chi connectivity index (χ0) is 14.7. The van der Waals surface area contributed by atoms with Gasteiger partial charge in [-0.2, -0.15) is 0 Å². The van der Waals surface area contributed by atoms with Gasteiger partial charge in [-0.25, -0.2) is 0 Å². The maximum absolute atomic E-state index is 5.88. The molecule has 1 heterocycles. The second kappa shape index (κ2) is 6.81. The number of halogens is 1. The zero-order valence-corrected chi connectivity index (χ0v) is 13.7. The Morgan fingerprint density at radius 2 is 2.24 bits per heavy atom. The van der Waals surface area contributed by atoms with E-state index in [2.05, 4.69) is 27.3 Å². The predicted molar refractivity (Wildman–Crippen MR) is 85.8 cm³/mol. The summed E-state index contributed by atoms with van der Waals surface area (Å²) in [5.74, 6) is 0.807. The van der Waals surface area contributed by atoms with Crippen LogP contribution in [0, 0.1) is 0 Å². The molecule has 3 rings (SSSR count). The van der Waals surface area contributed by atoms with Crippen molar-refractivity contribution in [1.82, 2.24) is 5.32 Å². The first-order valence-corrected chi connectivity index (χ1v) is 8.12. The molecule has 1 aromatic carbocycles. The smallest absolute Gasteiger partial charge is 0.176 e. The van der Waals surface area contributed by atoms with Gasteiger partial charge in [0.25, 0.3) is 0 Å². The molecular formula is C16H20BrNO3. The summed E-state index contributed by atoms with van der Waals surface area (Å²) < 4.78 is 17.6. The lowest BCUT2D eigenvalue weighted by Gasteiger charge is -2.12. The fourth-order valence-electron chi connectivity index (χ4n) is 2.30. The Bertz CT molecular complexity index is 607. The van der Waals surface area contributed by atoms with Gasteiger partial charge in [0, 0.05) is 42.6 Å². The highest BCUT2D eigenvalue weighted by Gasteiger charge is 2.21. The summed E-state index contributed by atoms with van der Waals surface area (Å²) in [7, 11) is 1.70. The number of fused-ring (bicyclic) bond motifs is 1. The van der Waals surface area contributed by atoms with Crippen LogP contribution in [-0.2, 0) is 11.3 Å². The lowest BCUT2D eigenvalue weighted by molar-refractivity contribution is 0.172. The fourth-order valence-corrected chi connectivity index (χ4v) is 2.86. The lowest BCUT2D eigenvalue weighted by Crippen LogP contribution is -2.15. The average molecular weight is 354 g/mol. The van der Waals surface area contributed by atoms with Gasteiger partial charge in [0.2, 0.25) is 0 Å². The van der Waals surface area contributed by atoms with E-state index in [4.69, 9.17) is 13.9 Å². The summed E-state index contributed by atoms with van der Waals surface area (Å²) in [6, 6.07) is 4.73. The maximum Gasteiger partial charge on any atom is 0.176 e. The van der Waals surface area contributed by atoms with Crippen molar-refractivity contribution in [2.75, 3.05) is 20.3 Å². The van der Waals surface area contributed by atoms with E-state index in [1.165, 1.54) is 18.4 Å². The van der Waals surface area contributed by atoms with E-state index in [-0.39, 0.29) is 0 Å². The number of methoxy groups -OCH3 is 1.